The van der Waals surface area contributed by atoms with E-state index in [0.717, 1.165) is 12.1 Å². The van der Waals surface area contributed by atoms with Gasteiger partial charge in [0.15, 0.2) is 0 Å². The molecule has 0 fully saturated rings. The Morgan fingerprint density at radius 3 is 2.67 bits per heavy atom. The highest BCUT2D eigenvalue weighted by molar-refractivity contribution is 6.30. The standard InChI is InChI=1S/C14H10ClF2NO3/c1-2-21-12-5-9(14(19)20)11(16)4-8(12)7-3-10(15)13(17)18-6-7/h3-6H,2H2,1H3,(H,19,20). The van der Waals surface area contributed by atoms with E-state index in [0.29, 0.717) is 5.56 Å². The second-order valence-electron chi connectivity index (χ2n) is 4.06. The fraction of sp³-hybridized carbons (Fsp3) is 0.143. The van der Waals surface area contributed by atoms with Crippen molar-refractivity contribution in [2.45, 2.75) is 6.92 Å². The van der Waals surface area contributed by atoms with Crippen LogP contribution < -0.4 is 4.74 Å². The zero-order valence-corrected chi connectivity index (χ0v) is 11.6. The van der Waals surface area contributed by atoms with E-state index in [2.05, 4.69) is 4.98 Å². The van der Waals surface area contributed by atoms with Gasteiger partial charge in [0.1, 0.15) is 11.6 Å². The highest BCUT2D eigenvalue weighted by Crippen LogP contribution is 2.34. The van der Waals surface area contributed by atoms with Crippen molar-refractivity contribution in [3.05, 3.63) is 46.7 Å². The molecule has 4 nitrogen and oxygen atoms in total. The van der Waals surface area contributed by atoms with Crippen LogP contribution in [0.3, 0.4) is 0 Å². The number of rotatable bonds is 4. The number of carboxylic acid groups (broad SMARTS) is 1. The zero-order valence-electron chi connectivity index (χ0n) is 10.9. The zero-order chi connectivity index (χ0) is 15.6. The molecular weight excluding hydrogens is 304 g/mol. The minimum absolute atomic E-state index is 0.153. The van der Waals surface area contributed by atoms with Crippen molar-refractivity contribution >= 4 is 17.6 Å². The molecule has 2 rings (SSSR count). The van der Waals surface area contributed by atoms with E-state index in [9.17, 15) is 13.6 Å². The lowest BCUT2D eigenvalue weighted by atomic mass is 10.0. The molecule has 0 radical (unpaired) electrons. The Bertz CT molecular complexity index is 707. The number of benzene rings is 1. The van der Waals surface area contributed by atoms with Crippen molar-refractivity contribution in [1.29, 1.82) is 0 Å². The van der Waals surface area contributed by atoms with Crippen molar-refractivity contribution in [2.75, 3.05) is 6.61 Å². The molecule has 7 heteroatoms. The maximum atomic E-state index is 13.8. The van der Waals surface area contributed by atoms with Gasteiger partial charge in [-0.3, -0.25) is 0 Å². The topological polar surface area (TPSA) is 59.4 Å². The van der Waals surface area contributed by atoms with E-state index in [1.165, 1.54) is 12.3 Å². The van der Waals surface area contributed by atoms with Gasteiger partial charge in [-0.25, -0.2) is 14.2 Å². The Morgan fingerprint density at radius 2 is 2.10 bits per heavy atom. The molecule has 0 bridgehead atoms. The van der Waals surface area contributed by atoms with Crippen LogP contribution in [0.15, 0.2) is 24.4 Å². The average Bonchev–Trinajstić information content (AvgIpc) is 2.43. The van der Waals surface area contributed by atoms with Crippen LogP contribution >= 0.6 is 11.6 Å². The van der Waals surface area contributed by atoms with Gasteiger partial charge in [-0.15, -0.1) is 0 Å². The molecule has 1 aromatic carbocycles. The molecule has 0 saturated heterocycles. The van der Waals surface area contributed by atoms with E-state index in [1.54, 1.807) is 6.92 Å². The fourth-order valence-electron chi connectivity index (χ4n) is 1.79. The highest BCUT2D eigenvalue weighted by Gasteiger charge is 2.18. The molecule has 0 spiro atoms. The van der Waals surface area contributed by atoms with Crippen molar-refractivity contribution < 1.29 is 23.4 Å². The summed E-state index contributed by atoms with van der Waals surface area (Å²) in [5.74, 6) is -3.03. The SMILES string of the molecule is CCOc1cc(C(=O)O)c(F)cc1-c1cnc(F)c(Cl)c1. The summed E-state index contributed by atoms with van der Waals surface area (Å²) in [5, 5.41) is 8.70. The first-order chi connectivity index (χ1) is 9.93. The van der Waals surface area contributed by atoms with E-state index >= 15 is 0 Å². The third-order valence-electron chi connectivity index (χ3n) is 2.71. The molecule has 2 aromatic rings. The van der Waals surface area contributed by atoms with Gasteiger partial charge in [-0.2, -0.15) is 4.39 Å². The number of aromatic nitrogens is 1. The predicted molar refractivity (Wildman–Crippen MR) is 72.7 cm³/mol. The summed E-state index contributed by atoms with van der Waals surface area (Å²) in [4.78, 5) is 14.4. The first-order valence-corrected chi connectivity index (χ1v) is 6.33. The monoisotopic (exact) mass is 313 g/mol. The van der Waals surface area contributed by atoms with Gasteiger partial charge >= 0.3 is 5.97 Å². The number of carboxylic acids is 1. The fourth-order valence-corrected chi connectivity index (χ4v) is 1.95. The Labute approximate surface area is 124 Å². The largest absolute Gasteiger partial charge is 0.493 e. The lowest BCUT2D eigenvalue weighted by molar-refractivity contribution is 0.0691. The Hall–Kier alpha value is -2.21. The van der Waals surface area contributed by atoms with Crippen LogP contribution in [0.5, 0.6) is 5.75 Å². The van der Waals surface area contributed by atoms with E-state index < -0.39 is 23.3 Å². The van der Waals surface area contributed by atoms with E-state index in [1.807, 2.05) is 0 Å². The number of ether oxygens (including phenoxy) is 1. The van der Waals surface area contributed by atoms with Crippen LogP contribution in [0.4, 0.5) is 8.78 Å². The van der Waals surface area contributed by atoms with Crippen molar-refractivity contribution in [2.24, 2.45) is 0 Å². The summed E-state index contributed by atoms with van der Waals surface area (Å²) in [6.45, 7) is 1.95. The first-order valence-electron chi connectivity index (χ1n) is 5.95. The summed E-state index contributed by atoms with van der Waals surface area (Å²) < 4.78 is 32.2. The number of carbonyl (C=O) groups is 1. The van der Waals surface area contributed by atoms with Crippen molar-refractivity contribution in [3.8, 4) is 16.9 Å². The van der Waals surface area contributed by atoms with Gasteiger partial charge in [-0.05, 0) is 25.1 Å². The summed E-state index contributed by atoms with van der Waals surface area (Å²) >= 11 is 5.65. The third kappa shape index (κ3) is 3.11. The highest BCUT2D eigenvalue weighted by atomic mass is 35.5. The first kappa shape index (κ1) is 15.2. The van der Waals surface area contributed by atoms with Crippen LogP contribution in [0.1, 0.15) is 17.3 Å². The second kappa shape index (κ2) is 6.05. The average molecular weight is 314 g/mol. The minimum Gasteiger partial charge on any atom is -0.493 e. The lowest BCUT2D eigenvalue weighted by Crippen LogP contribution is -2.04. The van der Waals surface area contributed by atoms with Gasteiger partial charge in [0.25, 0.3) is 0 Å². The molecule has 0 amide bonds. The number of hydrogen-bond acceptors (Lipinski definition) is 3. The van der Waals surface area contributed by atoms with Gasteiger partial charge in [0.05, 0.1) is 17.2 Å². The molecule has 110 valence electrons. The minimum atomic E-state index is -1.41. The third-order valence-corrected chi connectivity index (χ3v) is 2.97. The Kier molecular flexibility index (Phi) is 4.37. The van der Waals surface area contributed by atoms with Crippen LogP contribution in [0.25, 0.3) is 11.1 Å². The second-order valence-corrected chi connectivity index (χ2v) is 4.47. The lowest BCUT2D eigenvalue weighted by Gasteiger charge is -2.12. The molecule has 0 aliphatic heterocycles. The van der Waals surface area contributed by atoms with Gasteiger partial charge in [0, 0.05) is 17.3 Å². The van der Waals surface area contributed by atoms with Gasteiger partial charge in [0.2, 0.25) is 5.95 Å². The Morgan fingerprint density at radius 1 is 1.38 bits per heavy atom. The number of hydrogen-bond donors (Lipinski definition) is 1. The molecule has 0 aliphatic carbocycles. The smallest absolute Gasteiger partial charge is 0.338 e. The van der Waals surface area contributed by atoms with Crippen molar-refractivity contribution in [1.82, 2.24) is 4.98 Å². The van der Waals surface area contributed by atoms with Crippen molar-refractivity contribution in [3.63, 3.8) is 0 Å². The molecule has 1 N–H and O–H groups in total. The molecule has 0 atom stereocenters. The normalized spacial score (nSPS) is 10.5. The maximum Gasteiger partial charge on any atom is 0.338 e. The molecule has 21 heavy (non-hydrogen) atoms. The molecule has 1 aromatic heterocycles. The van der Waals surface area contributed by atoms with Crippen LogP contribution in [-0.2, 0) is 0 Å². The number of aromatic carboxylic acids is 1. The summed E-state index contributed by atoms with van der Waals surface area (Å²) in [5.41, 5.74) is 0.0535. The summed E-state index contributed by atoms with van der Waals surface area (Å²) in [7, 11) is 0. The Balaban J connectivity index is 2.63. The van der Waals surface area contributed by atoms with Crippen LogP contribution in [-0.4, -0.2) is 22.7 Å². The van der Waals surface area contributed by atoms with E-state index in [-0.39, 0.29) is 22.9 Å². The van der Waals surface area contributed by atoms with Crippen LogP contribution in [0, 0.1) is 11.8 Å². The number of pyridine rings is 1. The van der Waals surface area contributed by atoms with E-state index in [4.69, 9.17) is 21.4 Å². The number of nitrogens with zero attached hydrogens (tertiary/aromatic N) is 1. The predicted octanol–water partition coefficient (Wildman–Crippen LogP) is 3.78. The molecule has 0 unspecified atom stereocenters. The number of halogens is 3. The van der Waals surface area contributed by atoms with Gasteiger partial charge in [-0.1, -0.05) is 11.6 Å². The van der Waals surface area contributed by atoms with Gasteiger partial charge < -0.3 is 9.84 Å². The maximum absolute atomic E-state index is 13.8. The summed E-state index contributed by atoms with van der Waals surface area (Å²) in [6, 6.07) is 3.34. The molecule has 0 saturated carbocycles. The van der Waals surface area contributed by atoms with Crippen LogP contribution in [0.2, 0.25) is 5.02 Å². The molecule has 1 heterocycles. The summed E-state index contributed by atoms with van der Waals surface area (Å²) in [6.07, 6.45) is 1.17. The molecule has 0 aliphatic rings. The quantitative estimate of drug-likeness (QED) is 0.873. The molecular formula is C14H10ClF2NO3.